The number of rotatable bonds is 6. The van der Waals surface area contributed by atoms with E-state index in [1.165, 1.54) is 11.8 Å². The zero-order valence-electron chi connectivity index (χ0n) is 18.0. The van der Waals surface area contributed by atoms with E-state index < -0.39 is 6.10 Å². The van der Waals surface area contributed by atoms with E-state index in [0.29, 0.717) is 35.3 Å². The Balaban J connectivity index is 1.48. The van der Waals surface area contributed by atoms with Gasteiger partial charge in [-0.2, -0.15) is 0 Å². The highest BCUT2D eigenvalue weighted by molar-refractivity contribution is 7.98. The fourth-order valence-corrected chi connectivity index (χ4v) is 5.15. The molecule has 0 bridgehead atoms. The highest BCUT2D eigenvalue weighted by Gasteiger charge is 2.32. The van der Waals surface area contributed by atoms with Gasteiger partial charge in [0.2, 0.25) is 0 Å². The number of thioether (sulfide) groups is 1. The summed E-state index contributed by atoms with van der Waals surface area (Å²) >= 11 is 1.51. The zero-order valence-corrected chi connectivity index (χ0v) is 18.8. The van der Waals surface area contributed by atoms with E-state index in [9.17, 15) is 9.90 Å². The normalized spacial score (nSPS) is 17.7. The average molecular weight is 442 g/mol. The van der Waals surface area contributed by atoms with Crippen molar-refractivity contribution < 1.29 is 14.4 Å². The molecule has 1 N–H and O–H groups in total. The van der Waals surface area contributed by atoms with E-state index in [4.69, 9.17) is 4.52 Å². The third kappa shape index (κ3) is 4.52. The summed E-state index contributed by atoms with van der Waals surface area (Å²) in [5.74, 6) is 1.96. The summed E-state index contributed by atoms with van der Waals surface area (Å²) in [7, 11) is 1.87. The summed E-state index contributed by atoms with van der Waals surface area (Å²) in [4.78, 5) is 23.9. The van der Waals surface area contributed by atoms with Crippen LogP contribution < -0.4 is 0 Å². The number of aliphatic hydroxyl groups excluding tert-OH is 1. The molecular weight excluding hydrogens is 414 g/mol. The van der Waals surface area contributed by atoms with Gasteiger partial charge in [0.1, 0.15) is 22.7 Å². The Morgan fingerprint density at radius 3 is 2.90 bits per heavy atom. The van der Waals surface area contributed by atoms with E-state index >= 15 is 0 Å². The van der Waals surface area contributed by atoms with E-state index in [0.717, 1.165) is 29.9 Å². The molecule has 0 aromatic carbocycles. The molecule has 4 heterocycles. The van der Waals surface area contributed by atoms with Crippen LogP contribution in [0.4, 0.5) is 0 Å². The van der Waals surface area contributed by atoms with Crippen molar-refractivity contribution in [3.05, 3.63) is 59.1 Å². The lowest BCUT2D eigenvalue weighted by Crippen LogP contribution is -2.42. The first-order valence-corrected chi connectivity index (χ1v) is 11.4. The molecule has 3 aromatic heterocycles. The first kappa shape index (κ1) is 21.6. The molecule has 4 rings (SSSR count). The van der Waals surface area contributed by atoms with Gasteiger partial charge in [-0.05, 0) is 38.8 Å². The van der Waals surface area contributed by atoms with Crippen molar-refractivity contribution in [3.8, 4) is 0 Å². The van der Waals surface area contributed by atoms with E-state index in [2.05, 4.69) is 15.1 Å². The summed E-state index contributed by atoms with van der Waals surface area (Å²) in [5, 5.41) is 15.5. The van der Waals surface area contributed by atoms with Gasteiger partial charge >= 0.3 is 0 Å². The molecule has 1 fully saturated rings. The average Bonchev–Trinajstić information content (AvgIpc) is 3.36. The third-order valence-corrected chi connectivity index (χ3v) is 6.88. The minimum absolute atomic E-state index is 0.0473. The van der Waals surface area contributed by atoms with Crippen LogP contribution in [0.1, 0.15) is 52.1 Å². The number of amides is 1. The second-order valence-corrected chi connectivity index (χ2v) is 8.91. The van der Waals surface area contributed by atoms with Crippen molar-refractivity contribution in [3.63, 3.8) is 0 Å². The molecule has 0 radical (unpaired) electrons. The zero-order chi connectivity index (χ0) is 22.0. The number of likely N-dealkylation sites (tertiary alicyclic amines) is 1. The van der Waals surface area contributed by atoms with Crippen LogP contribution >= 0.6 is 11.8 Å². The Morgan fingerprint density at radius 2 is 2.19 bits per heavy atom. The number of imidazole rings is 1. The van der Waals surface area contributed by atoms with Gasteiger partial charge in [-0.1, -0.05) is 5.16 Å². The molecule has 0 spiro atoms. The Hall–Kier alpha value is -2.65. The summed E-state index contributed by atoms with van der Waals surface area (Å²) in [5.41, 5.74) is 2.48. The quantitative estimate of drug-likeness (QED) is 0.586. The van der Waals surface area contributed by atoms with Crippen LogP contribution in [0, 0.1) is 19.8 Å². The lowest BCUT2D eigenvalue weighted by atomic mass is 9.91. The summed E-state index contributed by atoms with van der Waals surface area (Å²) in [6.45, 7) is 4.97. The smallest absolute Gasteiger partial charge is 0.256 e. The standard InChI is InChI=1S/C22H27N5O3S/c1-14-18(15(2)30-25-14)13-31-21-17(7-4-8-24-21)22(29)27-10-5-6-16(12-27)19(28)20-23-9-11-26(20)3/h4,7-9,11,16,19,28H,5-6,10,12-13H2,1-3H3/t16-,19-/m0/s1. The maximum absolute atomic E-state index is 13.4. The molecule has 1 aliphatic heterocycles. The molecule has 0 unspecified atom stereocenters. The molecule has 0 saturated carbocycles. The molecule has 3 aromatic rings. The van der Waals surface area contributed by atoms with Gasteiger partial charge in [-0.15, -0.1) is 11.8 Å². The van der Waals surface area contributed by atoms with Crippen LogP contribution in [0.25, 0.3) is 0 Å². The Labute approximate surface area is 185 Å². The summed E-state index contributed by atoms with van der Waals surface area (Å²) < 4.78 is 7.07. The van der Waals surface area contributed by atoms with Crippen molar-refractivity contribution in [2.75, 3.05) is 13.1 Å². The van der Waals surface area contributed by atoms with Crippen molar-refractivity contribution in [1.29, 1.82) is 0 Å². The van der Waals surface area contributed by atoms with Crippen molar-refractivity contribution in [1.82, 2.24) is 24.6 Å². The predicted octanol–water partition coefficient (Wildman–Crippen LogP) is 3.30. The molecule has 0 aliphatic carbocycles. The topological polar surface area (TPSA) is 97.3 Å². The lowest BCUT2D eigenvalue weighted by Gasteiger charge is -2.35. The molecule has 8 nitrogen and oxygen atoms in total. The number of nitrogens with zero attached hydrogens (tertiary/aromatic N) is 5. The Bertz CT molecular complexity index is 1040. The van der Waals surface area contributed by atoms with Crippen LogP contribution in [0.2, 0.25) is 0 Å². The fraction of sp³-hybridized carbons (Fsp3) is 0.455. The molecule has 2 atom stereocenters. The number of piperidine rings is 1. The van der Waals surface area contributed by atoms with Crippen LogP contribution in [0.15, 0.2) is 40.3 Å². The SMILES string of the molecule is Cc1noc(C)c1CSc1ncccc1C(=O)N1CCC[C@H]([C@H](O)c2nccn2C)C1. The highest BCUT2D eigenvalue weighted by Crippen LogP contribution is 2.32. The lowest BCUT2D eigenvalue weighted by molar-refractivity contribution is 0.0356. The highest BCUT2D eigenvalue weighted by atomic mass is 32.2. The van der Waals surface area contributed by atoms with Gasteiger partial charge in [-0.25, -0.2) is 9.97 Å². The van der Waals surface area contributed by atoms with Crippen LogP contribution in [-0.2, 0) is 12.8 Å². The number of hydrogen-bond donors (Lipinski definition) is 1. The van der Waals surface area contributed by atoms with Crippen LogP contribution in [0.3, 0.4) is 0 Å². The fourth-order valence-electron chi connectivity index (χ4n) is 4.01. The van der Waals surface area contributed by atoms with Gasteiger partial charge in [0.05, 0.1) is 11.3 Å². The molecular formula is C22H27N5O3S. The molecule has 1 aliphatic rings. The number of aliphatic hydroxyl groups is 1. The van der Waals surface area contributed by atoms with Crippen LogP contribution in [0.5, 0.6) is 0 Å². The Kier molecular flexibility index (Phi) is 6.43. The molecule has 31 heavy (non-hydrogen) atoms. The minimum Gasteiger partial charge on any atom is -0.385 e. The number of aromatic nitrogens is 4. The van der Waals surface area contributed by atoms with Gasteiger partial charge in [-0.3, -0.25) is 4.79 Å². The van der Waals surface area contributed by atoms with E-state index in [1.54, 1.807) is 18.5 Å². The number of carbonyl (C=O) groups is 1. The maximum Gasteiger partial charge on any atom is 0.256 e. The molecule has 164 valence electrons. The number of pyridine rings is 1. The number of aryl methyl sites for hydroxylation is 3. The first-order valence-electron chi connectivity index (χ1n) is 10.4. The second kappa shape index (κ2) is 9.23. The number of hydrogen-bond acceptors (Lipinski definition) is 7. The van der Waals surface area contributed by atoms with E-state index in [1.807, 2.05) is 42.6 Å². The van der Waals surface area contributed by atoms with Crippen molar-refractivity contribution in [2.45, 2.75) is 43.6 Å². The van der Waals surface area contributed by atoms with Crippen molar-refractivity contribution >= 4 is 17.7 Å². The number of carbonyl (C=O) groups excluding carboxylic acids is 1. The largest absolute Gasteiger partial charge is 0.385 e. The monoisotopic (exact) mass is 441 g/mol. The minimum atomic E-state index is -0.696. The molecule has 9 heteroatoms. The van der Waals surface area contributed by atoms with Gasteiger partial charge in [0, 0.05) is 56.0 Å². The van der Waals surface area contributed by atoms with Gasteiger partial charge in [0.15, 0.2) is 0 Å². The molecule has 1 amide bonds. The first-order chi connectivity index (χ1) is 15.0. The summed E-state index contributed by atoms with van der Waals surface area (Å²) in [6.07, 6.45) is 6.22. The van der Waals surface area contributed by atoms with Crippen LogP contribution in [-0.4, -0.2) is 48.7 Å². The van der Waals surface area contributed by atoms with Gasteiger partial charge in [0.25, 0.3) is 5.91 Å². The van der Waals surface area contributed by atoms with Crippen molar-refractivity contribution in [2.24, 2.45) is 13.0 Å². The predicted molar refractivity (Wildman–Crippen MR) is 117 cm³/mol. The summed E-state index contributed by atoms with van der Waals surface area (Å²) in [6, 6.07) is 3.61. The maximum atomic E-state index is 13.4. The van der Waals surface area contributed by atoms with E-state index in [-0.39, 0.29) is 11.8 Å². The third-order valence-electron chi connectivity index (χ3n) is 5.85. The van der Waals surface area contributed by atoms with Gasteiger partial charge < -0.3 is 19.1 Å². The second-order valence-electron chi connectivity index (χ2n) is 7.94. The molecule has 1 saturated heterocycles. The Morgan fingerprint density at radius 1 is 1.35 bits per heavy atom.